The van der Waals surface area contributed by atoms with Gasteiger partial charge in [0.05, 0.1) is 18.2 Å². The van der Waals surface area contributed by atoms with Crippen molar-refractivity contribution in [3.63, 3.8) is 0 Å². The van der Waals surface area contributed by atoms with Gasteiger partial charge in [0.2, 0.25) is 11.7 Å². The van der Waals surface area contributed by atoms with Gasteiger partial charge in [0, 0.05) is 33.0 Å². The van der Waals surface area contributed by atoms with Crippen molar-refractivity contribution >= 4 is 23.7 Å². The maximum atomic E-state index is 11.8. The number of carboxylic acid groups (broad SMARTS) is 1. The molecule has 1 rings (SSSR count). The number of aliphatic hydroxyl groups is 3. The molecule has 0 radical (unpaired) electrons. The molecular weight excluding hydrogens is 441 g/mol. The molecule has 0 aromatic heterocycles. The Morgan fingerprint density at radius 1 is 1.25 bits per heavy atom. The number of ether oxygens (including phenoxy) is 2. The van der Waals surface area contributed by atoms with Gasteiger partial charge in [-0.15, -0.1) is 0 Å². The second-order valence-corrected chi connectivity index (χ2v) is 7.38. The molecule has 0 aliphatic carbocycles. The summed E-state index contributed by atoms with van der Waals surface area (Å²) in [5, 5.41) is 49.5. The van der Waals surface area contributed by atoms with E-state index in [0.717, 1.165) is 14.0 Å². The van der Waals surface area contributed by atoms with Crippen molar-refractivity contribution in [1.29, 1.82) is 0 Å². The monoisotopic (exact) mass is 471 g/mol. The SMILES string of the molecule is CCC(C)NC(=O)C(=O)NC[C@@H](O)[C@@H](O)[C@@H]1O[C@@](OC)(C(=O)[O-])C[C@H](O)[C@H]1NC(C)=O.[Na+]. The van der Waals surface area contributed by atoms with E-state index >= 15 is 0 Å². The first-order valence-electron chi connectivity index (χ1n) is 9.72. The molecule has 0 aromatic rings. The van der Waals surface area contributed by atoms with E-state index in [1.54, 1.807) is 13.8 Å². The van der Waals surface area contributed by atoms with Gasteiger partial charge in [-0.25, -0.2) is 0 Å². The van der Waals surface area contributed by atoms with E-state index < -0.39 is 72.9 Å². The van der Waals surface area contributed by atoms with Gasteiger partial charge in [-0.3, -0.25) is 14.4 Å². The maximum Gasteiger partial charge on any atom is 1.00 e. The van der Waals surface area contributed by atoms with Gasteiger partial charge in [-0.2, -0.15) is 0 Å². The van der Waals surface area contributed by atoms with E-state index in [-0.39, 0.29) is 35.6 Å². The number of carbonyl (C=O) groups excluding carboxylic acids is 4. The summed E-state index contributed by atoms with van der Waals surface area (Å²) < 4.78 is 10.1. The van der Waals surface area contributed by atoms with Crippen molar-refractivity contribution in [2.24, 2.45) is 0 Å². The molecule has 0 aromatic carbocycles. The molecule has 0 spiro atoms. The zero-order valence-electron chi connectivity index (χ0n) is 18.8. The van der Waals surface area contributed by atoms with Crippen molar-refractivity contribution < 1.29 is 78.6 Å². The molecule has 178 valence electrons. The van der Waals surface area contributed by atoms with Crippen LogP contribution < -0.4 is 50.6 Å². The predicted octanol–water partition coefficient (Wildman–Crippen LogP) is -7.51. The predicted molar refractivity (Wildman–Crippen MR) is 101 cm³/mol. The summed E-state index contributed by atoms with van der Waals surface area (Å²) >= 11 is 0. The van der Waals surface area contributed by atoms with Gasteiger partial charge in [0.15, 0.2) is 0 Å². The van der Waals surface area contributed by atoms with E-state index in [9.17, 15) is 39.6 Å². The molecule has 1 saturated heterocycles. The number of nitrogens with one attached hydrogen (secondary N) is 3. The molecule has 1 heterocycles. The van der Waals surface area contributed by atoms with Crippen LogP contribution in [0, 0.1) is 0 Å². The van der Waals surface area contributed by atoms with Crippen LogP contribution in [0.5, 0.6) is 0 Å². The fraction of sp³-hybridized carbons (Fsp3) is 0.778. The summed E-state index contributed by atoms with van der Waals surface area (Å²) in [5.41, 5.74) is 0. The molecule has 13 nitrogen and oxygen atoms in total. The van der Waals surface area contributed by atoms with Gasteiger partial charge in [0.25, 0.3) is 0 Å². The van der Waals surface area contributed by atoms with E-state index in [1.165, 1.54) is 0 Å². The first-order chi connectivity index (χ1) is 14.4. The number of rotatable bonds is 9. The fourth-order valence-corrected chi connectivity index (χ4v) is 3.01. The Morgan fingerprint density at radius 3 is 2.31 bits per heavy atom. The Morgan fingerprint density at radius 2 is 1.84 bits per heavy atom. The number of aliphatic hydroxyl groups excluding tert-OH is 3. The van der Waals surface area contributed by atoms with Crippen LogP contribution in [-0.2, 0) is 28.7 Å². The minimum absolute atomic E-state index is 0. The van der Waals surface area contributed by atoms with E-state index in [1.807, 2.05) is 0 Å². The molecule has 1 aliphatic rings. The van der Waals surface area contributed by atoms with E-state index in [4.69, 9.17) is 9.47 Å². The molecular formula is C18H30N3NaO10. The number of hydrogen-bond donors (Lipinski definition) is 6. The van der Waals surface area contributed by atoms with Gasteiger partial charge in [0.1, 0.15) is 18.2 Å². The number of aliphatic carboxylic acids is 1. The van der Waals surface area contributed by atoms with Gasteiger partial charge >= 0.3 is 41.4 Å². The molecule has 3 amide bonds. The Hall–Kier alpha value is -1.32. The average Bonchev–Trinajstić information content (AvgIpc) is 2.71. The first kappa shape index (κ1) is 30.7. The average molecular weight is 471 g/mol. The van der Waals surface area contributed by atoms with Crippen molar-refractivity contribution in [2.45, 2.75) is 75.9 Å². The first-order valence-corrected chi connectivity index (χ1v) is 9.72. The minimum Gasteiger partial charge on any atom is -0.544 e. The smallest absolute Gasteiger partial charge is 0.544 e. The van der Waals surface area contributed by atoms with Crippen molar-refractivity contribution in [1.82, 2.24) is 16.0 Å². The minimum atomic E-state index is -2.45. The van der Waals surface area contributed by atoms with Crippen LogP contribution in [0.15, 0.2) is 0 Å². The summed E-state index contributed by atoms with van der Waals surface area (Å²) in [6, 6.07) is -1.56. The summed E-state index contributed by atoms with van der Waals surface area (Å²) in [6.07, 6.45) is -6.90. The maximum absolute atomic E-state index is 11.8. The molecule has 1 unspecified atom stereocenters. The quantitative estimate of drug-likeness (QED) is 0.138. The number of carboxylic acids is 1. The molecule has 14 heteroatoms. The third-order valence-corrected chi connectivity index (χ3v) is 4.98. The Balaban J connectivity index is 0.00000961. The van der Waals surface area contributed by atoms with E-state index in [0.29, 0.717) is 6.42 Å². The Labute approximate surface area is 207 Å². The summed E-state index contributed by atoms with van der Waals surface area (Å²) in [7, 11) is 0.983. The molecule has 0 saturated carbocycles. The third-order valence-electron chi connectivity index (χ3n) is 4.98. The second kappa shape index (κ2) is 13.4. The van der Waals surface area contributed by atoms with Crippen LogP contribution in [0.1, 0.15) is 33.6 Å². The molecule has 7 atom stereocenters. The molecule has 0 bridgehead atoms. The molecule has 1 fully saturated rings. The number of carbonyl (C=O) groups is 4. The van der Waals surface area contributed by atoms with Crippen molar-refractivity contribution in [3.8, 4) is 0 Å². The molecule has 1 aliphatic heterocycles. The largest absolute Gasteiger partial charge is 1.00 e. The third kappa shape index (κ3) is 7.92. The van der Waals surface area contributed by atoms with Crippen LogP contribution in [0.3, 0.4) is 0 Å². The standard InChI is InChI=1S/C18H31N3O10.Na/c1-5-8(2)20-16(27)15(26)19-7-11(24)13(25)14-12(21-9(3)22)10(23)6-18(30-4,31-14)17(28)29;/h8,10-14,23-25H,5-7H2,1-4H3,(H,19,26)(H,20,27)(H,21,22)(H,28,29);/q;+1/p-1/t8?,10-,11+,12+,13+,14+,18+;/m0./s1. The topological polar surface area (TPSA) is 207 Å². The number of hydrogen-bond acceptors (Lipinski definition) is 10. The van der Waals surface area contributed by atoms with Crippen LogP contribution in [0.4, 0.5) is 0 Å². The van der Waals surface area contributed by atoms with E-state index in [2.05, 4.69) is 16.0 Å². The van der Waals surface area contributed by atoms with Crippen molar-refractivity contribution in [2.75, 3.05) is 13.7 Å². The van der Waals surface area contributed by atoms with Crippen LogP contribution >= 0.6 is 0 Å². The normalized spacial score (nSPS) is 27.8. The Kier molecular flexibility index (Phi) is 12.8. The summed E-state index contributed by atoms with van der Waals surface area (Å²) in [4.78, 5) is 46.6. The second-order valence-electron chi connectivity index (χ2n) is 7.38. The van der Waals surface area contributed by atoms with Crippen molar-refractivity contribution in [3.05, 3.63) is 0 Å². The molecule has 32 heavy (non-hydrogen) atoms. The van der Waals surface area contributed by atoms with Gasteiger partial charge in [-0.05, 0) is 13.3 Å². The van der Waals surface area contributed by atoms with Gasteiger partial charge < -0.3 is 50.6 Å². The summed E-state index contributed by atoms with van der Waals surface area (Å²) in [5.74, 6) is -6.90. The van der Waals surface area contributed by atoms with Crippen LogP contribution in [0.2, 0.25) is 0 Å². The zero-order chi connectivity index (χ0) is 23.9. The van der Waals surface area contributed by atoms with Crippen LogP contribution in [0.25, 0.3) is 0 Å². The Bertz CT molecular complexity index is 681. The number of amides is 3. The fourth-order valence-electron chi connectivity index (χ4n) is 3.01. The zero-order valence-corrected chi connectivity index (χ0v) is 20.8. The summed E-state index contributed by atoms with van der Waals surface area (Å²) in [6.45, 7) is 4.01. The van der Waals surface area contributed by atoms with Gasteiger partial charge in [-0.1, -0.05) is 6.92 Å². The number of methoxy groups -OCH3 is 1. The molecule has 6 N–H and O–H groups in total. The van der Waals surface area contributed by atoms with Crippen LogP contribution in [-0.4, -0.2) is 95.0 Å².